The van der Waals surface area contributed by atoms with Gasteiger partial charge in [-0.1, -0.05) is 23.7 Å². The fourth-order valence-electron chi connectivity index (χ4n) is 1.34. The Bertz CT molecular complexity index is 563. The highest BCUT2D eigenvalue weighted by atomic mass is 35.5. The lowest BCUT2D eigenvalue weighted by molar-refractivity contribution is 0.371. The van der Waals surface area contributed by atoms with Gasteiger partial charge in [0.1, 0.15) is 5.15 Å². The van der Waals surface area contributed by atoms with Crippen molar-refractivity contribution in [3.63, 3.8) is 0 Å². The maximum absolute atomic E-state index is 11.5. The van der Waals surface area contributed by atoms with Crippen molar-refractivity contribution in [3.8, 4) is 0 Å². The van der Waals surface area contributed by atoms with Crippen LogP contribution in [0.3, 0.4) is 0 Å². The van der Waals surface area contributed by atoms with E-state index in [4.69, 9.17) is 16.1 Å². The first-order valence-corrected chi connectivity index (χ1v) is 5.60. The molecule has 0 aliphatic rings. The second-order valence-corrected chi connectivity index (χ2v) is 3.92. The Labute approximate surface area is 102 Å². The summed E-state index contributed by atoms with van der Waals surface area (Å²) in [5.74, 6) is 1.04. The van der Waals surface area contributed by atoms with Gasteiger partial charge in [-0.3, -0.25) is 9.36 Å². The molecule has 0 saturated carbocycles. The monoisotopic (exact) mass is 254 g/mol. The van der Waals surface area contributed by atoms with Gasteiger partial charge < -0.3 is 4.52 Å². The molecule has 2 aromatic rings. The van der Waals surface area contributed by atoms with Gasteiger partial charge in [0.05, 0.1) is 12.9 Å². The molecule has 0 fully saturated rings. The zero-order valence-electron chi connectivity index (χ0n) is 9.26. The predicted molar refractivity (Wildman–Crippen MR) is 60.9 cm³/mol. The van der Waals surface area contributed by atoms with Crippen molar-refractivity contribution in [1.29, 1.82) is 0 Å². The Morgan fingerprint density at radius 1 is 1.53 bits per heavy atom. The Hall–Kier alpha value is -1.69. The normalized spacial score (nSPS) is 10.7. The fraction of sp³-hybridized carbons (Fsp3) is 0.400. The van der Waals surface area contributed by atoms with Crippen LogP contribution in [0.1, 0.15) is 25.1 Å². The van der Waals surface area contributed by atoms with Gasteiger partial charge in [0.15, 0.2) is 5.82 Å². The van der Waals surface area contributed by atoms with Crippen LogP contribution < -0.4 is 5.56 Å². The average Bonchev–Trinajstić information content (AvgIpc) is 2.71. The topological polar surface area (TPSA) is 73.8 Å². The number of aryl methyl sites for hydroxylation is 1. The number of rotatable bonds is 4. The Morgan fingerprint density at radius 2 is 2.35 bits per heavy atom. The molecule has 0 amide bonds. The van der Waals surface area contributed by atoms with Gasteiger partial charge in [0, 0.05) is 12.5 Å². The summed E-state index contributed by atoms with van der Waals surface area (Å²) in [4.78, 5) is 19.5. The van der Waals surface area contributed by atoms with Crippen LogP contribution in [0.15, 0.2) is 21.7 Å². The van der Waals surface area contributed by atoms with Crippen molar-refractivity contribution < 1.29 is 4.52 Å². The van der Waals surface area contributed by atoms with Gasteiger partial charge in [-0.2, -0.15) is 4.98 Å². The number of aromatic nitrogens is 4. The van der Waals surface area contributed by atoms with Crippen LogP contribution in [-0.2, 0) is 13.0 Å². The number of hydrogen-bond acceptors (Lipinski definition) is 5. The predicted octanol–water partition coefficient (Wildman–Crippen LogP) is 1.28. The minimum Gasteiger partial charge on any atom is -0.339 e. The fourth-order valence-corrected chi connectivity index (χ4v) is 1.48. The molecule has 0 aliphatic heterocycles. The van der Waals surface area contributed by atoms with E-state index in [1.807, 2.05) is 6.92 Å². The molecule has 2 heterocycles. The van der Waals surface area contributed by atoms with Gasteiger partial charge in [-0.25, -0.2) is 4.98 Å². The van der Waals surface area contributed by atoms with Crippen molar-refractivity contribution in [3.05, 3.63) is 39.6 Å². The molecule has 6 nitrogen and oxygen atoms in total. The first-order valence-electron chi connectivity index (χ1n) is 5.22. The molecule has 7 heteroatoms. The highest BCUT2D eigenvalue weighted by molar-refractivity contribution is 6.29. The summed E-state index contributed by atoms with van der Waals surface area (Å²) in [6, 6.07) is 1.24. The van der Waals surface area contributed by atoms with Crippen LogP contribution in [0, 0.1) is 0 Å². The van der Waals surface area contributed by atoms with E-state index in [9.17, 15) is 4.79 Å². The lowest BCUT2D eigenvalue weighted by atomic mass is 10.3. The molecule has 0 unspecified atom stereocenters. The van der Waals surface area contributed by atoms with E-state index in [-0.39, 0.29) is 17.3 Å². The highest BCUT2D eigenvalue weighted by Gasteiger charge is 2.07. The third kappa shape index (κ3) is 2.91. The minimum absolute atomic E-state index is 0.172. The molecular formula is C10H11ClN4O2. The molecule has 0 atom stereocenters. The lowest BCUT2D eigenvalue weighted by Crippen LogP contribution is -2.20. The summed E-state index contributed by atoms with van der Waals surface area (Å²) in [6.07, 6.45) is 3.03. The van der Waals surface area contributed by atoms with Crippen LogP contribution >= 0.6 is 11.6 Å². The third-order valence-electron chi connectivity index (χ3n) is 2.13. The molecule has 2 aromatic heterocycles. The molecule has 0 N–H and O–H groups in total. The first kappa shape index (κ1) is 11.8. The molecule has 17 heavy (non-hydrogen) atoms. The van der Waals surface area contributed by atoms with Crippen LogP contribution in [0.25, 0.3) is 0 Å². The number of halogens is 1. The summed E-state index contributed by atoms with van der Waals surface area (Å²) < 4.78 is 6.39. The highest BCUT2D eigenvalue weighted by Crippen LogP contribution is 2.02. The van der Waals surface area contributed by atoms with Crippen LogP contribution in [-0.4, -0.2) is 19.7 Å². The maximum atomic E-state index is 11.5. The van der Waals surface area contributed by atoms with Crippen molar-refractivity contribution in [2.75, 3.05) is 0 Å². The Morgan fingerprint density at radius 3 is 3.06 bits per heavy atom. The molecule has 0 radical (unpaired) electrons. The molecule has 0 saturated heterocycles. The summed E-state index contributed by atoms with van der Waals surface area (Å²) >= 11 is 5.59. The van der Waals surface area contributed by atoms with Gasteiger partial charge >= 0.3 is 0 Å². The Balaban J connectivity index is 2.16. The summed E-state index contributed by atoms with van der Waals surface area (Å²) in [5.41, 5.74) is -0.244. The van der Waals surface area contributed by atoms with E-state index in [1.54, 1.807) is 0 Å². The summed E-state index contributed by atoms with van der Waals surface area (Å²) in [5, 5.41) is 3.96. The van der Waals surface area contributed by atoms with E-state index >= 15 is 0 Å². The molecule has 0 aliphatic carbocycles. The van der Waals surface area contributed by atoms with E-state index in [2.05, 4.69) is 15.1 Å². The SMILES string of the molecule is CCCc1nc(Cn2cnc(Cl)cc2=O)no1. The average molecular weight is 255 g/mol. The van der Waals surface area contributed by atoms with Gasteiger partial charge in [0.2, 0.25) is 5.89 Å². The number of nitrogens with zero attached hydrogens (tertiary/aromatic N) is 4. The van der Waals surface area contributed by atoms with E-state index in [1.165, 1.54) is 17.0 Å². The maximum Gasteiger partial charge on any atom is 0.255 e. The van der Waals surface area contributed by atoms with Gasteiger partial charge in [-0.15, -0.1) is 0 Å². The lowest BCUT2D eigenvalue weighted by Gasteiger charge is -1.99. The summed E-state index contributed by atoms with van der Waals surface area (Å²) in [6.45, 7) is 2.26. The minimum atomic E-state index is -0.244. The van der Waals surface area contributed by atoms with E-state index < -0.39 is 0 Å². The largest absolute Gasteiger partial charge is 0.339 e. The molecule has 2 rings (SSSR count). The second kappa shape index (κ2) is 5.09. The van der Waals surface area contributed by atoms with Crippen molar-refractivity contribution >= 4 is 11.6 Å². The molecule has 0 bridgehead atoms. The summed E-state index contributed by atoms with van der Waals surface area (Å²) in [7, 11) is 0. The van der Waals surface area contributed by atoms with Gasteiger partial charge in [-0.05, 0) is 6.42 Å². The van der Waals surface area contributed by atoms with E-state index in [0.717, 1.165) is 12.8 Å². The van der Waals surface area contributed by atoms with Crippen molar-refractivity contribution in [2.45, 2.75) is 26.3 Å². The quantitative estimate of drug-likeness (QED) is 0.769. The van der Waals surface area contributed by atoms with Crippen LogP contribution in [0.5, 0.6) is 0 Å². The zero-order valence-corrected chi connectivity index (χ0v) is 10.0. The number of hydrogen-bond donors (Lipinski definition) is 0. The van der Waals surface area contributed by atoms with E-state index in [0.29, 0.717) is 11.7 Å². The zero-order chi connectivity index (χ0) is 12.3. The second-order valence-electron chi connectivity index (χ2n) is 3.53. The standard InChI is InChI=1S/C10H11ClN4O2/c1-2-3-9-13-8(14-17-9)5-15-6-12-7(11)4-10(15)16/h4,6H,2-3,5H2,1H3. The Kier molecular flexibility index (Phi) is 3.53. The van der Waals surface area contributed by atoms with Crippen LogP contribution in [0.2, 0.25) is 5.15 Å². The molecule has 0 aromatic carbocycles. The molecule has 0 spiro atoms. The van der Waals surface area contributed by atoms with Crippen molar-refractivity contribution in [1.82, 2.24) is 19.7 Å². The van der Waals surface area contributed by atoms with Crippen molar-refractivity contribution in [2.24, 2.45) is 0 Å². The third-order valence-corrected chi connectivity index (χ3v) is 2.34. The smallest absolute Gasteiger partial charge is 0.255 e. The molecule has 90 valence electrons. The molecular weight excluding hydrogens is 244 g/mol. The first-order chi connectivity index (χ1) is 8.19. The van der Waals surface area contributed by atoms with Crippen LogP contribution in [0.4, 0.5) is 0 Å². The van der Waals surface area contributed by atoms with Gasteiger partial charge in [0.25, 0.3) is 5.56 Å².